The summed E-state index contributed by atoms with van der Waals surface area (Å²) in [6.45, 7) is 2.71. The second kappa shape index (κ2) is 10.2. The third-order valence-corrected chi connectivity index (χ3v) is 7.23. The third kappa shape index (κ3) is 5.94. The fourth-order valence-electron chi connectivity index (χ4n) is 3.59. The lowest BCUT2D eigenvalue weighted by Crippen LogP contribution is -2.43. The van der Waals surface area contributed by atoms with Crippen LogP contribution in [0.25, 0.3) is 6.08 Å². The molecule has 0 bridgehead atoms. The zero-order chi connectivity index (χ0) is 21.6. The number of hydrogen-bond acceptors (Lipinski definition) is 3. The molecule has 2 aromatic rings. The number of nitrogens with one attached hydrogen (secondary N) is 1. The minimum Gasteiger partial charge on any atom is -0.349 e. The van der Waals surface area contributed by atoms with Crippen molar-refractivity contribution in [3.8, 4) is 0 Å². The van der Waals surface area contributed by atoms with Gasteiger partial charge in [0.25, 0.3) is 0 Å². The van der Waals surface area contributed by atoms with Crippen LogP contribution >= 0.6 is 11.6 Å². The Morgan fingerprint density at radius 1 is 1.13 bits per heavy atom. The van der Waals surface area contributed by atoms with Gasteiger partial charge in [-0.3, -0.25) is 4.79 Å². The molecule has 1 N–H and O–H groups in total. The smallest absolute Gasteiger partial charge is 0.236 e. The number of carbonyl (C=O) groups excluding carboxylic acids is 1. The maximum atomic E-state index is 12.8. The Morgan fingerprint density at radius 3 is 2.37 bits per heavy atom. The molecule has 160 valence electrons. The van der Waals surface area contributed by atoms with E-state index in [0.717, 1.165) is 17.5 Å². The Bertz CT molecular complexity index is 967. The molecule has 0 spiro atoms. The van der Waals surface area contributed by atoms with E-state index in [0.29, 0.717) is 31.0 Å². The van der Waals surface area contributed by atoms with Crippen LogP contribution in [0.3, 0.4) is 0 Å². The maximum Gasteiger partial charge on any atom is 0.236 e. The summed E-state index contributed by atoms with van der Waals surface area (Å²) in [6, 6.07) is 16.7. The van der Waals surface area contributed by atoms with Crippen molar-refractivity contribution < 1.29 is 13.2 Å². The molecular weight excluding hydrogens is 420 g/mol. The molecule has 1 heterocycles. The van der Waals surface area contributed by atoms with Crippen LogP contribution < -0.4 is 5.32 Å². The van der Waals surface area contributed by atoms with Gasteiger partial charge in [-0.25, -0.2) is 8.42 Å². The van der Waals surface area contributed by atoms with Crippen LogP contribution in [-0.4, -0.2) is 31.7 Å². The van der Waals surface area contributed by atoms with Crippen molar-refractivity contribution in [3.05, 3.63) is 76.2 Å². The SMILES string of the molecule is CCC(NC(=O)C1CCN(S(=O)(=O)/C=C/c2ccccc2)CC1)c1ccc(Cl)cc1. The van der Waals surface area contributed by atoms with E-state index >= 15 is 0 Å². The predicted molar refractivity (Wildman–Crippen MR) is 121 cm³/mol. The number of halogens is 1. The highest BCUT2D eigenvalue weighted by Gasteiger charge is 2.30. The van der Waals surface area contributed by atoms with Gasteiger partial charge in [0, 0.05) is 29.4 Å². The van der Waals surface area contributed by atoms with E-state index in [1.54, 1.807) is 6.08 Å². The number of carbonyl (C=O) groups is 1. The van der Waals surface area contributed by atoms with Gasteiger partial charge in [0.2, 0.25) is 15.9 Å². The molecular formula is C23H27ClN2O3S. The molecule has 0 saturated carbocycles. The molecule has 1 atom stereocenters. The maximum absolute atomic E-state index is 12.8. The monoisotopic (exact) mass is 446 g/mol. The molecule has 1 aliphatic rings. The fraction of sp³-hybridized carbons (Fsp3) is 0.348. The fourth-order valence-corrected chi connectivity index (χ4v) is 4.94. The van der Waals surface area contributed by atoms with Crippen molar-refractivity contribution in [2.24, 2.45) is 5.92 Å². The van der Waals surface area contributed by atoms with Crippen LogP contribution in [0.15, 0.2) is 60.0 Å². The molecule has 1 unspecified atom stereocenters. The lowest BCUT2D eigenvalue weighted by atomic mass is 9.96. The second-order valence-electron chi connectivity index (χ2n) is 7.45. The van der Waals surface area contributed by atoms with Gasteiger partial charge >= 0.3 is 0 Å². The first kappa shape index (κ1) is 22.5. The summed E-state index contributed by atoms with van der Waals surface area (Å²) in [6.07, 6.45) is 3.40. The average Bonchev–Trinajstić information content (AvgIpc) is 2.77. The highest BCUT2D eigenvalue weighted by atomic mass is 35.5. The van der Waals surface area contributed by atoms with Crippen LogP contribution in [0.2, 0.25) is 5.02 Å². The highest BCUT2D eigenvalue weighted by Crippen LogP contribution is 2.24. The summed E-state index contributed by atoms with van der Waals surface area (Å²) in [4.78, 5) is 12.8. The molecule has 0 aliphatic carbocycles. The summed E-state index contributed by atoms with van der Waals surface area (Å²) in [7, 11) is -3.50. The van der Waals surface area contributed by atoms with Crippen LogP contribution in [0.1, 0.15) is 43.4 Å². The van der Waals surface area contributed by atoms with Crippen molar-refractivity contribution in [2.75, 3.05) is 13.1 Å². The van der Waals surface area contributed by atoms with E-state index in [2.05, 4.69) is 5.32 Å². The number of piperidine rings is 1. The van der Waals surface area contributed by atoms with Crippen LogP contribution in [0, 0.1) is 5.92 Å². The van der Waals surface area contributed by atoms with Crippen molar-refractivity contribution >= 4 is 33.6 Å². The second-order valence-corrected chi connectivity index (χ2v) is 9.71. The molecule has 1 amide bonds. The van der Waals surface area contributed by atoms with Gasteiger partial charge in [-0.1, -0.05) is 61.0 Å². The van der Waals surface area contributed by atoms with E-state index in [-0.39, 0.29) is 17.9 Å². The minimum absolute atomic E-state index is 0.0197. The summed E-state index contributed by atoms with van der Waals surface area (Å²) >= 11 is 5.95. The van der Waals surface area contributed by atoms with Crippen molar-refractivity contribution in [1.82, 2.24) is 9.62 Å². The van der Waals surface area contributed by atoms with Crippen molar-refractivity contribution in [3.63, 3.8) is 0 Å². The summed E-state index contributed by atoms with van der Waals surface area (Å²) in [5.41, 5.74) is 1.85. The summed E-state index contributed by atoms with van der Waals surface area (Å²) in [5, 5.41) is 5.02. The summed E-state index contributed by atoms with van der Waals surface area (Å²) < 4.78 is 26.7. The lowest BCUT2D eigenvalue weighted by molar-refractivity contribution is -0.126. The predicted octanol–water partition coefficient (Wildman–Crippen LogP) is 4.62. The molecule has 30 heavy (non-hydrogen) atoms. The normalized spacial score (nSPS) is 17.1. The molecule has 1 saturated heterocycles. The molecule has 1 fully saturated rings. The number of benzene rings is 2. The molecule has 2 aromatic carbocycles. The quantitative estimate of drug-likeness (QED) is 0.674. The molecule has 0 aromatic heterocycles. The Morgan fingerprint density at radius 2 is 1.77 bits per heavy atom. The van der Waals surface area contributed by atoms with E-state index < -0.39 is 10.0 Å². The zero-order valence-electron chi connectivity index (χ0n) is 17.0. The van der Waals surface area contributed by atoms with Gasteiger partial charge in [0.1, 0.15) is 0 Å². The Hall–Kier alpha value is -2.15. The number of hydrogen-bond donors (Lipinski definition) is 1. The first-order valence-electron chi connectivity index (χ1n) is 10.2. The van der Waals surface area contributed by atoms with Gasteiger partial charge in [-0.05, 0) is 48.6 Å². The molecule has 7 heteroatoms. The van der Waals surface area contributed by atoms with Crippen LogP contribution in [0.4, 0.5) is 0 Å². The van der Waals surface area contributed by atoms with Gasteiger partial charge in [-0.15, -0.1) is 0 Å². The largest absolute Gasteiger partial charge is 0.349 e. The van der Waals surface area contributed by atoms with Crippen molar-refractivity contribution in [2.45, 2.75) is 32.2 Å². The number of sulfonamides is 1. The van der Waals surface area contributed by atoms with Gasteiger partial charge in [-0.2, -0.15) is 4.31 Å². The number of nitrogens with zero attached hydrogens (tertiary/aromatic N) is 1. The highest BCUT2D eigenvalue weighted by molar-refractivity contribution is 7.92. The third-order valence-electron chi connectivity index (χ3n) is 5.41. The summed E-state index contributed by atoms with van der Waals surface area (Å²) in [5.74, 6) is -0.204. The van der Waals surface area contributed by atoms with Gasteiger partial charge in [0.05, 0.1) is 6.04 Å². The molecule has 3 rings (SSSR count). The Labute approximate surface area is 183 Å². The minimum atomic E-state index is -3.50. The average molecular weight is 447 g/mol. The van der Waals surface area contributed by atoms with Gasteiger partial charge < -0.3 is 5.32 Å². The Kier molecular flexibility index (Phi) is 7.69. The number of amides is 1. The molecule has 5 nitrogen and oxygen atoms in total. The van der Waals surface area contributed by atoms with E-state index in [1.165, 1.54) is 9.71 Å². The number of rotatable bonds is 7. The first-order valence-corrected chi connectivity index (χ1v) is 12.1. The van der Waals surface area contributed by atoms with E-state index in [4.69, 9.17) is 11.6 Å². The Balaban J connectivity index is 1.55. The first-order chi connectivity index (χ1) is 14.4. The van der Waals surface area contributed by atoms with Crippen LogP contribution in [-0.2, 0) is 14.8 Å². The van der Waals surface area contributed by atoms with Crippen molar-refractivity contribution in [1.29, 1.82) is 0 Å². The van der Waals surface area contributed by atoms with E-state index in [9.17, 15) is 13.2 Å². The standard InChI is InChI=1S/C23H27ClN2O3S/c1-2-22(19-8-10-21(24)11-9-19)25-23(27)20-12-15-26(16-13-20)30(28,29)17-14-18-6-4-3-5-7-18/h3-11,14,17,20,22H,2,12-13,15-16H2,1H3,(H,25,27)/b17-14+. The molecule has 0 radical (unpaired) electrons. The lowest BCUT2D eigenvalue weighted by Gasteiger charge is -2.30. The van der Waals surface area contributed by atoms with Crippen LogP contribution in [0.5, 0.6) is 0 Å². The topological polar surface area (TPSA) is 66.5 Å². The molecule has 1 aliphatic heterocycles. The van der Waals surface area contributed by atoms with E-state index in [1.807, 2.05) is 61.5 Å². The zero-order valence-corrected chi connectivity index (χ0v) is 18.6. The van der Waals surface area contributed by atoms with Gasteiger partial charge in [0.15, 0.2) is 0 Å².